The lowest BCUT2D eigenvalue weighted by molar-refractivity contribution is -0.139. The van der Waals surface area contributed by atoms with Crippen molar-refractivity contribution in [1.29, 1.82) is 0 Å². The molecule has 0 aliphatic carbocycles. The summed E-state index contributed by atoms with van der Waals surface area (Å²) < 4.78 is 0. The van der Waals surface area contributed by atoms with Gasteiger partial charge >= 0.3 is 5.97 Å². The van der Waals surface area contributed by atoms with Crippen LogP contribution in [0.2, 0.25) is 0 Å². The number of rotatable bonds is 4. The minimum absolute atomic E-state index is 0.0369. The molecule has 24 heavy (non-hydrogen) atoms. The molecular formula is C19H17NO3S. The molecule has 0 spiro atoms. The summed E-state index contributed by atoms with van der Waals surface area (Å²) in [6.07, 6.45) is 1.56. The van der Waals surface area contributed by atoms with E-state index in [4.69, 9.17) is 0 Å². The van der Waals surface area contributed by atoms with Gasteiger partial charge in [-0.15, -0.1) is 11.8 Å². The third-order valence-corrected chi connectivity index (χ3v) is 5.14. The van der Waals surface area contributed by atoms with Gasteiger partial charge in [0.15, 0.2) is 5.78 Å². The van der Waals surface area contributed by atoms with Crippen LogP contribution in [-0.2, 0) is 4.79 Å². The van der Waals surface area contributed by atoms with Gasteiger partial charge in [0.2, 0.25) is 0 Å². The Morgan fingerprint density at radius 1 is 1.17 bits per heavy atom. The van der Waals surface area contributed by atoms with E-state index in [1.165, 1.54) is 0 Å². The Morgan fingerprint density at radius 2 is 1.83 bits per heavy atom. The first-order valence-electron chi connectivity index (χ1n) is 7.62. The number of Topliss-reactive ketones (excluding diaryl/α,β-unsaturated/α-hetero) is 1. The normalized spacial score (nSPS) is 19.6. The predicted molar refractivity (Wildman–Crippen MR) is 94.1 cm³/mol. The van der Waals surface area contributed by atoms with Crippen molar-refractivity contribution in [3.63, 3.8) is 0 Å². The van der Waals surface area contributed by atoms with E-state index in [1.54, 1.807) is 48.3 Å². The number of carboxylic acids is 1. The fraction of sp³-hybridized carbons (Fsp3) is 0.158. The maximum Gasteiger partial charge on any atom is 0.330 e. The van der Waals surface area contributed by atoms with Gasteiger partial charge in [0, 0.05) is 27.5 Å². The lowest BCUT2D eigenvalue weighted by atomic mass is 10.0. The van der Waals surface area contributed by atoms with E-state index in [0.29, 0.717) is 16.7 Å². The summed E-state index contributed by atoms with van der Waals surface area (Å²) in [6.45, 7) is 1.95. The zero-order valence-corrected chi connectivity index (χ0v) is 13.9. The zero-order valence-electron chi connectivity index (χ0n) is 13.1. The average molecular weight is 339 g/mol. The maximum atomic E-state index is 12.7. The molecule has 2 unspecified atom stereocenters. The molecule has 0 fully saturated rings. The van der Waals surface area contributed by atoms with E-state index in [9.17, 15) is 14.7 Å². The molecule has 1 aliphatic heterocycles. The highest BCUT2D eigenvalue weighted by atomic mass is 32.2. The molecule has 0 saturated heterocycles. The molecular weight excluding hydrogens is 322 g/mol. The van der Waals surface area contributed by atoms with Gasteiger partial charge in [-0.25, -0.2) is 4.79 Å². The number of carboxylic acid groups (broad SMARTS) is 1. The highest BCUT2D eigenvalue weighted by molar-refractivity contribution is 8.00. The van der Waals surface area contributed by atoms with Crippen molar-refractivity contribution in [2.24, 2.45) is 0 Å². The van der Waals surface area contributed by atoms with Gasteiger partial charge in [-0.05, 0) is 24.6 Å². The van der Waals surface area contributed by atoms with Crippen LogP contribution in [0, 0.1) is 0 Å². The molecule has 1 aliphatic rings. The van der Waals surface area contributed by atoms with Crippen molar-refractivity contribution < 1.29 is 14.7 Å². The van der Waals surface area contributed by atoms with Gasteiger partial charge in [-0.3, -0.25) is 4.79 Å². The molecule has 0 saturated carbocycles. The van der Waals surface area contributed by atoms with Crippen LogP contribution in [0.5, 0.6) is 0 Å². The number of ketones is 1. The minimum Gasteiger partial charge on any atom is -0.479 e. The molecule has 2 N–H and O–H groups in total. The predicted octanol–water partition coefficient (Wildman–Crippen LogP) is 3.66. The van der Waals surface area contributed by atoms with Gasteiger partial charge in [0.25, 0.3) is 0 Å². The van der Waals surface area contributed by atoms with Crippen molar-refractivity contribution in [2.75, 3.05) is 0 Å². The topological polar surface area (TPSA) is 66.4 Å². The summed E-state index contributed by atoms with van der Waals surface area (Å²) in [7, 11) is 0. The molecule has 2 aromatic carbocycles. The van der Waals surface area contributed by atoms with Gasteiger partial charge < -0.3 is 10.4 Å². The summed E-state index contributed by atoms with van der Waals surface area (Å²) in [5.41, 5.74) is 1.90. The Bertz CT molecular complexity index is 801. The van der Waals surface area contributed by atoms with Crippen LogP contribution in [0.25, 0.3) is 0 Å². The molecule has 4 nitrogen and oxygen atoms in total. The van der Waals surface area contributed by atoms with Gasteiger partial charge in [-0.1, -0.05) is 42.5 Å². The highest BCUT2D eigenvalue weighted by Crippen LogP contribution is 2.37. The van der Waals surface area contributed by atoms with Crippen LogP contribution in [0.15, 0.2) is 71.3 Å². The molecule has 0 aromatic heterocycles. The van der Waals surface area contributed by atoms with Crippen LogP contribution in [-0.4, -0.2) is 22.1 Å². The molecule has 2 atom stereocenters. The number of fused-ring (bicyclic) bond motifs is 1. The number of carbonyl (C=O) groups excluding carboxylic acids is 1. The second-order valence-electron chi connectivity index (χ2n) is 5.53. The summed E-state index contributed by atoms with van der Waals surface area (Å²) in [4.78, 5) is 25.2. The second kappa shape index (κ2) is 6.93. The van der Waals surface area contributed by atoms with Crippen LogP contribution in [0.1, 0.15) is 28.9 Å². The lowest BCUT2D eigenvalue weighted by Crippen LogP contribution is -2.27. The van der Waals surface area contributed by atoms with Crippen molar-refractivity contribution in [3.8, 4) is 0 Å². The van der Waals surface area contributed by atoms with Crippen molar-refractivity contribution in [3.05, 3.63) is 77.5 Å². The minimum atomic E-state index is -0.984. The van der Waals surface area contributed by atoms with E-state index in [2.05, 4.69) is 5.32 Å². The number of thioether (sulfide) groups is 1. The molecule has 0 radical (unpaired) electrons. The fourth-order valence-electron chi connectivity index (χ4n) is 2.66. The van der Waals surface area contributed by atoms with Crippen LogP contribution < -0.4 is 5.32 Å². The first-order valence-corrected chi connectivity index (χ1v) is 8.50. The Kier molecular flexibility index (Phi) is 4.71. The fourth-order valence-corrected chi connectivity index (χ4v) is 3.79. The molecule has 0 amide bonds. The first-order chi connectivity index (χ1) is 11.6. The summed E-state index contributed by atoms with van der Waals surface area (Å²) in [5.74, 6) is -1.04. The Labute approximate surface area is 144 Å². The average Bonchev–Trinajstić information content (AvgIpc) is 2.58. The largest absolute Gasteiger partial charge is 0.479 e. The van der Waals surface area contributed by atoms with Crippen molar-refractivity contribution >= 4 is 23.5 Å². The van der Waals surface area contributed by atoms with E-state index in [1.807, 2.05) is 31.2 Å². The standard InChI is InChI=1S/C19H17NO3S/c1-12-15(18(21)14-9-5-6-10-16(14)24-12)11-20-17(19(22)23)13-7-3-2-4-8-13/h2-12,17,20H,1H3,(H,22,23)/b15-11-. The van der Waals surface area contributed by atoms with Gasteiger partial charge in [-0.2, -0.15) is 0 Å². The second-order valence-corrected chi connectivity index (χ2v) is 6.92. The van der Waals surface area contributed by atoms with Crippen LogP contribution in [0.4, 0.5) is 0 Å². The number of carbonyl (C=O) groups is 2. The maximum absolute atomic E-state index is 12.7. The Hall–Kier alpha value is -2.53. The van der Waals surface area contributed by atoms with Crippen molar-refractivity contribution in [2.45, 2.75) is 23.1 Å². The lowest BCUT2D eigenvalue weighted by Gasteiger charge is -2.24. The molecule has 122 valence electrons. The first kappa shape index (κ1) is 16.3. The van der Waals surface area contributed by atoms with Gasteiger partial charge in [0.1, 0.15) is 6.04 Å². The Balaban J connectivity index is 1.88. The molecule has 0 bridgehead atoms. The summed E-state index contributed by atoms with van der Waals surface area (Å²) in [5, 5.41) is 12.3. The summed E-state index contributed by atoms with van der Waals surface area (Å²) in [6, 6.07) is 15.5. The van der Waals surface area contributed by atoms with E-state index >= 15 is 0 Å². The number of aliphatic carboxylic acids is 1. The molecule has 2 aromatic rings. The van der Waals surface area contributed by atoms with E-state index in [0.717, 1.165) is 4.90 Å². The molecule has 5 heteroatoms. The van der Waals surface area contributed by atoms with Crippen molar-refractivity contribution in [1.82, 2.24) is 5.32 Å². The number of hydrogen-bond acceptors (Lipinski definition) is 4. The SMILES string of the molecule is CC1Sc2ccccc2C(=O)/C1=C\NC(C(=O)O)c1ccccc1. The smallest absolute Gasteiger partial charge is 0.330 e. The van der Waals surface area contributed by atoms with Crippen LogP contribution >= 0.6 is 11.8 Å². The molecule has 3 rings (SSSR count). The summed E-state index contributed by atoms with van der Waals surface area (Å²) >= 11 is 1.60. The number of hydrogen-bond donors (Lipinski definition) is 2. The number of benzene rings is 2. The van der Waals surface area contributed by atoms with E-state index < -0.39 is 12.0 Å². The monoisotopic (exact) mass is 339 g/mol. The third kappa shape index (κ3) is 3.21. The Morgan fingerprint density at radius 3 is 2.54 bits per heavy atom. The molecule has 1 heterocycles. The van der Waals surface area contributed by atoms with Gasteiger partial charge in [0.05, 0.1) is 0 Å². The van der Waals surface area contributed by atoms with E-state index in [-0.39, 0.29) is 11.0 Å². The number of nitrogens with one attached hydrogen (secondary N) is 1. The third-order valence-electron chi connectivity index (χ3n) is 3.92. The van der Waals surface area contributed by atoms with Crippen LogP contribution in [0.3, 0.4) is 0 Å². The zero-order chi connectivity index (χ0) is 17.1. The highest BCUT2D eigenvalue weighted by Gasteiger charge is 2.28. The quantitative estimate of drug-likeness (QED) is 0.832.